The van der Waals surface area contributed by atoms with Crippen molar-refractivity contribution in [3.05, 3.63) is 65.2 Å². The maximum atomic E-state index is 12.7. The zero-order valence-electron chi connectivity index (χ0n) is 17.0. The molecule has 1 saturated heterocycles. The molecule has 28 heavy (non-hydrogen) atoms. The van der Waals surface area contributed by atoms with Gasteiger partial charge in [0.05, 0.1) is 6.42 Å². The van der Waals surface area contributed by atoms with Crippen LogP contribution in [0.1, 0.15) is 37.0 Å². The summed E-state index contributed by atoms with van der Waals surface area (Å²) in [5.41, 5.74) is 9.52. The van der Waals surface area contributed by atoms with Gasteiger partial charge in [-0.1, -0.05) is 50.2 Å². The molecule has 1 heterocycles. The quantitative estimate of drug-likeness (QED) is 0.818. The predicted molar refractivity (Wildman–Crippen MR) is 116 cm³/mol. The molecule has 2 aromatic carbocycles. The number of rotatable bonds is 5. The number of nitrogens with two attached hydrogens (primary N) is 1. The normalized spacial score (nSPS) is 18.3. The Balaban J connectivity index is 0.00000280. The third-order valence-corrected chi connectivity index (χ3v) is 5.57. The molecule has 1 fully saturated rings. The summed E-state index contributed by atoms with van der Waals surface area (Å²) in [5, 5.41) is 0. The molecule has 2 aromatic rings. The fourth-order valence-corrected chi connectivity index (χ4v) is 3.55. The average molecular weight is 403 g/mol. The topological polar surface area (TPSA) is 55.6 Å². The molecule has 1 unspecified atom stereocenters. The van der Waals surface area contributed by atoms with Gasteiger partial charge in [0.2, 0.25) is 5.91 Å². The first-order valence-electron chi connectivity index (χ1n) is 9.65. The minimum Gasteiger partial charge on any atom is -0.489 e. The van der Waals surface area contributed by atoms with Crippen molar-refractivity contribution in [3.63, 3.8) is 0 Å². The Kier molecular flexibility index (Phi) is 7.50. The van der Waals surface area contributed by atoms with Crippen LogP contribution in [-0.4, -0.2) is 29.9 Å². The number of ether oxygens (including phenoxy) is 1. The van der Waals surface area contributed by atoms with Crippen LogP contribution in [-0.2, 0) is 17.8 Å². The van der Waals surface area contributed by atoms with E-state index in [0.29, 0.717) is 13.0 Å². The minimum absolute atomic E-state index is 0. The fourth-order valence-electron chi connectivity index (χ4n) is 3.55. The SMILES string of the molecule is Cc1ccccc1COc1cccc(CC(=O)N2CCC(N)C(C)(C)C2)c1.Cl. The molecule has 0 bridgehead atoms. The minimum atomic E-state index is -0.0353. The van der Waals surface area contributed by atoms with Gasteiger partial charge in [0.25, 0.3) is 0 Å². The van der Waals surface area contributed by atoms with Gasteiger partial charge in [-0.25, -0.2) is 0 Å². The van der Waals surface area contributed by atoms with Crippen molar-refractivity contribution in [2.24, 2.45) is 11.1 Å². The first-order valence-corrected chi connectivity index (χ1v) is 9.65. The standard InChI is InChI=1S/C23H30N2O2.ClH/c1-17-7-4-5-9-19(17)15-27-20-10-6-8-18(13-20)14-22(26)25-12-11-21(24)23(2,3)16-25;/h4-10,13,21H,11-12,14-16,24H2,1-3H3;1H. The molecule has 0 saturated carbocycles. The molecule has 1 amide bonds. The maximum Gasteiger partial charge on any atom is 0.227 e. The largest absolute Gasteiger partial charge is 0.489 e. The van der Waals surface area contributed by atoms with E-state index in [2.05, 4.69) is 32.9 Å². The molecule has 2 N–H and O–H groups in total. The number of likely N-dealkylation sites (tertiary alicyclic amines) is 1. The lowest BCUT2D eigenvalue weighted by molar-refractivity contribution is -0.133. The van der Waals surface area contributed by atoms with Crippen LogP contribution in [0.5, 0.6) is 5.75 Å². The predicted octanol–water partition coefficient (Wildman–Crippen LogP) is 4.12. The Hall–Kier alpha value is -2.04. The smallest absolute Gasteiger partial charge is 0.227 e. The number of amides is 1. The van der Waals surface area contributed by atoms with Crippen LogP contribution >= 0.6 is 12.4 Å². The number of aryl methyl sites for hydroxylation is 1. The number of nitrogens with zero attached hydrogens (tertiary/aromatic N) is 1. The van der Waals surface area contributed by atoms with Gasteiger partial charge in [-0.05, 0) is 47.6 Å². The zero-order valence-corrected chi connectivity index (χ0v) is 17.8. The van der Waals surface area contributed by atoms with Gasteiger partial charge in [0.15, 0.2) is 0 Å². The van der Waals surface area contributed by atoms with E-state index in [-0.39, 0.29) is 29.8 Å². The highest BCUT2D eigenvalue weighted by Crippen LogP contribution is 2.28. The van der Waals surface area contributed by atoms with E-state index in [0.717, 1.165) is 30.8 Å². The molecular formula is C23H31ClN2O2. The molecule has 0 radical (unpaired) electrons. The highest BCUT2D eigenvalue weighted by molar-refractivity contribution is 5.85. The number of hydrogen-bond donors (Lipinski definition) is 1. The van der Waals surface area contributed by atoms with Crippen LogP contribution in [0.4, 0.5) is 0 Å². The van der Waals surface area contributed by atoms with Gasteiger partial charge in [0, 0.05) is 19.1 Å². The molecule has 4 nitrogen and oxygen atoms in total. The molecule has 5 heteroatoms. The van der Waals surface area contributed by atoms with Crippen molar-refractivity contribution in [2.75, 3.05) is 13.1 Å². The summed E-state index contributed by atoms with van der Waals surface area (Å²) in [7, 11) is 0. The first-order chi connectivity index (χ1) is 12.8. The Bertz CT molecular complexity index is 807. The molecule has 3 rings (SSSR count). The summed E-state index contributed by atoms with van der Waals surface area (Å²) in [4.78, 5) is 14.7. The van der Waals surface area contributed by atoms with Gasteiger partial charge < -0.3 is 15.4 Å². The average Bonchev–Trinajstić information content (AvgIpc) is 2.63. The summed E-state index contributed by atoms with van der Waals surface area (Å²) < 4.78 is 5.95. The number of halogens is 1. The van der Waals surface area contributed by atoms with Crippen LogP contribution in [0.3, 0.4) is 0 Å². The second-order valence-electron chi connectivity index (χ2n) is 8.24. The molecule has 1 atom stereocenters. The van der Waals surface area contributed by atoms with Crippen molar-refractivity contribution >= 4 is 18.3 Å². The molecule has 1 aliphatic heterocycles. The van der Waals surface area contributed by atoms with Crippen LogP contribution in [0.15, 0.2) is 48.5 Å². The van der Waals surface area contributed by atoms with Crippen LogP contribution < -0.4 is 10.5 Å². The number of carbonyl (C=O) groups excluding carboxylic acids is 1. The summed E-state index contributed by atoms with van der Waals surface area (Å²) >= 11 is 0. The van der Waals surface area contributed by atoms with Crippen molar-refractivity contribution in [1.82, 2.24) is 4.90 Å². The Morgan fingerprint density at radius 3 is 2.68 bits per heavy atom. The fraction of sp³-hybridized carbons (Fsp3) is 0.435. The second kappa shape index (κ2) is 9.44. The molecule has 1 aliphatic rings. The maximum absolute atomic E-state index is 12.7. The van der Waals surface area contributed by atoms with E-state index in [1.165, 1.54) is 11.1 Å². The van der Waals surface area contributed by atoms with Crippen LogP contribution in [0, 0.1) is 12.3 Å². The zero-order chi connectivity index (χ0) is 19.4. The molecule has 0 aliphatic carbocycles. The Morgan fingerprint density at radius 1 is 1.21 bits per heavy atom. The van der Waals surface area contributed by atoms with Gasteiger partial charge in [-0.15, -0.1) is 12.4 Å². The lowest BCUT2D eigenvalue weighted by Gasteiger charge is -2.42. The van der Waals surface area contributed by atoms with Gasteiger partial charge in [-0.2, -0.15) is 0 Å². The number of benzene rings is 2. The van der Waals surface area contributed by atoms with Crippen molar-refractivity contribution < 1.29 is 9.53 Å². The van der Waals surface area contributed by atoms with Crippen LogP contribution in [0.25, 0.3) is 0 Å². The highest BCUT2D eigenvalue weighted by atomic mass is 35.5. The third-order valence-electron chi connectivity index (χ3n) is 5.57. The summed E-state index contributed by atoms with van der Waals surface area (Å²) in [6.07, 6.45) is 1.26. The van der Waals surface area contributed by atoms with Gasteiger partial charge in [0.1, 0.15) is 12.4 Å². The summed E-state index contributed by atoms with van der Waals surface area (Å²) in [6, 6.07) is 16.2. The van der Waals surface area contributed by atoms with E-state index in [1.807, 2.05) is 41.3 Å². The van der Waals surface area contributed by atoms with Gasteiger partial charge >= 0.3 is 0 Å². The first kappa shape index (κ1) is 22.3. The van der Waals surface area contributed by atoms with Crippen molar-refractivity contribution in [3.8, 4) is 5.75 Å². The lowest BCUT2D eigenvalue weighted by Crippen LogP contribution is -2.54. The Morgan fingerprint density at radius 2 is 1.96 bits per heavy atom. The van der Waals surface area contributed by atoms with Gasteiger partial charge in [-0.3, -0.25) is 4.79 Å². The third kappa shape index (κ3) is 5.49. The summed E-state index contributed by atoms with van der Waals surface area (Å²) in [6.45, 7) is 8.35. The van der Waals surface area contributed by atoms with E-state index < -0.39 is 0 Å². The van der Waals surface area contributed by atoms with Crippen molar-refractivity contribution in [1.29, 1.82) is 0 Å². The number of piperidine rings is 1. The van der Waals surface area contributed by atoms with Crippen molar-refractivity contribution in [2.45, 2.75) is 46.3 Å². The van der Waals surface area contributed by atoms with Crippen LogP contribution in [0.2, 0.25) is 0 Å². The monoisotopic (exact) mass is 402 g/mol. The van der Waals surface area contributed by atoms with E-state index in [9.17, 15) is 4.79 Å². The lowest BCUT2D eigenvalue weighted by atomic mass is 9.79. The molecule has 0 spiro atoms. The molecular weight excluding hydrogens is 372 g/mol. The highest BCUT2D eigenvalue weighted by Gasteiger charge is 2.35. The second-order valence-corrected chi connectivity index (χ2v) is 8.24. The number of carbonyl (C=O) groups is 1. The Labute approximate surface area is 174 Å². The number of hydrogen-bond acceptors (Lipinski definition) is 3. The molecule has 152 valence electrons. The van der Waals surface area contributed by atoms with E-state index >= 15 is 0 Å². The molecule has 0 aromatic heterocycles. The summed E-state index contributed by atoms with van der Waals surface area (Å²) in [5.74, 6) is 0.954. The van der Waals surface area contributed by atoms with E-state index in [1.54, 1.807) is 0 Å². The van der Waals surface area contributed by atoms with E-state index in [4.69, 9.17) is 10.5 Å².